The lowest BCUT2D eigenvalue weighted by Gasteiger charge is -2.22. The van der Waals surface area contributed by atoms with E-state index in [1.165, 1.54) is 17.4 Å². The van der Waals surface area contributed by atoms with E-state index in [2.05, 4.69) is 39.2 Å². The Morgan fingerprint density at radius 1 is 1.00 bits per heavy atom. The van der Waals surface area contributed by atoms with Crippen molar-refractivity contribution in [2.45, 2.75) is 33.1 Å². The van der Waals surface area contributed by atoms with Gasteiger partial charge in [-0.25, -0.2) is 4.98 Å². The third-order valence-electron chi connectivity index (χ3n) is 5.82. The van der Waals surface area contributed by atoms with Gasteiger partial charge in [0.25, 0.3) is 5.91 Å². The number of fused-ring (bicyclic) bond motifs is 1. The van der Waals surface area contributed by atoms with Crippen molar-refractivity contribution in [1.29, 1.82) is 0 Å². The fraction of sp³-hybridized carbons (Fsp3) is 0.222. The summed E-state index contributed by atoms with van der Waals surface area (Å²) in [6, 6.07) is 18.0. The van der Waals surface area contributed by atoms with Gasteiger partial charge in [-0.15, -0.1) is 0 Å². The third-order valence-corrected chi connectivity index (χ3v) is 5.82. The molecule has 0 fully saturated rings. The number of benzene rings is 2. The van der Waals surface area contributed by atoms with Crippen molar-refractivity contribution in [3.63, 3.8) is 0 Å². The Labute approximate surface area is 203 Å². The molecule has 2 aromatic carbocycles. The first-order valence-electron chi connectivity index (χ1n) is 11.4. The minimum Gasteiger partial charge on any atom is -0.454 e. The van der Waals surface area contributed by atoms with Gasteiger partial charge in [0.2, 0.25) is 12.7 Å². The molecule has 0 bridgehead atoms. The highest BCUT2D eigenvalue weighted by molar-refractivity contribution is 5.91. The van der Waals surface area contributed by atoms with Crippen LogP contribution in [0.25, 0.3) is 0 Å². The number of ether oxygens (including phenoxy) is 2. The summed E-state index contributed by atoms with van der Waals surface area (Å²) in [6.45, 7) is 4.51. The maximum absolute atomic E-state index is 12.6. The number of nitrogens with one attached hydrogen (secondary N) is 1. The zero-order valence-electron chi connectivity index (χ0n) is 19.4. The Morgan fingerprint density at radius 2 is 1.89 bits per heavy atom. The maximum atomic E-state index is 12.6. The number of aromatic nitrogens is 2. The second kappa shape index (κ2) is 10.4. The first kappa shape index (κ1) is 22.6. The number of rotatable bonds is 9. The Hall–Kier alpha value is -4.17. The molecule has 0 spiro atoms. The van der Waals surface area contributed by atoms with Crippen molar-refractivity contribution in [2.75, 3.05) is 6.79 Å². The van der Waals surface area contributed by atoms with Gasteiger partial charge in [-0.2, -0.15) is 0 Å². The summed E-state index contributed by atoms with van der Waals surface area (Å²) in [5.41, 5.74) is 4.68. The van der Waals surface area contributed by atoms with Crippen LogP contribution in [0.4, 0.5) is 0 Å². The first-order valence-corrected chi connectivity index (χ1v) is 11.4. The molecule has 1 N–H and O–H groups in total. The van der Waals surface area contributed by atoms with Gasteiger partial charge >= 0.3 is 0 Å². The summed E-state index contributed by atoms with van der Waals surface area (Å²) in [5, 5.41) is 2.85. The molecule has 1 amide bonds. The molecule has 3 heterocycles. The summed E-state index contributed by atoms with van der Waals surface area (Å²) in [5.74, 6) is 1.70. The quantitative estimate of drug-likeness (QED) is 0.391. The molecular weight excluding hydrogens is 444 g/mol. The number of carbonyl (C=O) groups excluding carboxylic acids is 1. The van der Waals surface area contributed by atoms with Crippen molar-refractivity contribution in [3.05, 3.63) is 107 Å². The molecule has 8 heteroatoms. The Kier molecular flexibility index (Phi) is 6.72. The molecule has 0 saturated carbocycles. The number of hydrogen-bond acceptors (Lipinski definition) is 7. The molecule has 5 rings (SSSR count). The van der Waals surface area contributed by atoms with Crippen molar-refractivity contribution < 1.29 is 18.7 Å². The van der Waals surface area contributed by atoms with E-state index in [1.54, 1.807) is 12.4 Å². The monoisotopic (exact) mass is 470 g/mol. The van der Waals surface area contributed by atoms with Crippen LogP contribution >= 0.6 is 0 Å². The second-order valence-corrected chi connectivity index (χ2v) is 8.43. The van der Waals surface area contributed by atoms with Gasteiger partial charge in [-0.05, 0) is 47.4 Å². The van der Waals surface area contributed by atoms with E-state index < -0.39 is 0 Å². The van der Waals surface area contributed by atoms with E-state index in [0.717, 1.165) is 22.6 Å². The highest BCUT2D eigenvalue weighted by Gasteiger charge is 2.18. The molecule has 35 heavy (non-hydrogen) atoms. The van der Waals surface area contributed by atoms with Gasteiger partial charge in [-0.3, -0.25) is 14.7 Å². The molecule has 0 atom stereocenters. The fourth-order valence-electron chi connectivity index (χ4n) is 3.95. The highest BCUT2D eigenvalue weighted by atomic mass is 16.7. The molecule has 178 valence electrons. The van der Waals surface area contributed by atoms with Crippen molar-refractivity contribution in [3.8, 4) is 11.5 Å². The molecular formula is C27H26N4O4. The van der Waals surface area contributed by atoms with E-state index in [-0.39, 0.29) is 18.4 Å². The van der Waals surface area contributed by atoms with Crippen LogP contribution in [-0.2, 0) is 26.2 Å². The van der Waals surface area contributed by atoms with E-state index in [1.807, 2.05) is 42.5 Å². The van der Waals surface area contributed by atoms with Crippen LogP contribution in [-0.4, -0.2) is 27.6 Å². The zero-order chi connectivity index (χ0) is 24.0. The van der Waals surface area contributed by atoms with Gasteiger partial charge in [0.05, 0.1) is 6.54 Å². The fourth-order valence-corrected chi connectivity index (χ4v) is 3.95. The second-order valence-electron chi connectivity index (χ2n) is 8.43. The lowest BCUT2D eigenvalue weighted by atomic mass is 10.1. The maximum Gasteiger partial charge on any atom is 0.273 e. The van der Waals surface area contributed by atoms with Crippen LogP contribution in [0.2, 0.25) is 0 Å². The molecule has 0 saturated heterocycles. The zero-order valence-corrected chi connectivity index (χ0v) is 19.4. The van der Waals surface area contributed by atoms with Crippen molar-refractivity contribution >= 4 is 5.91 Å². The van der Waals surface area contributed by atoms with E-state index in [4.69, 9.17) is 13.9 Å². The average Bonchev–Trinajstić information content (AvgIpc) is 3.54. The lowest BCUT2D eigenvalue weighted by molar-refractivity contribution is 0.0945. The summed E-state index contributed by atoms with van der Waals surface area (Å²) in [7, 11) is 0. The predicted octanol–water partition coefficient (Wildman–Crippen LogP) is 4.24. The van der Waals surface area contributed by atoms with Crippen molar-refractivity contribution in [1.82, 2.24) is 20.2 Å². The SMILES string of the molecule is Cc1ccccc1CN(Cc1ccc2c(c1)OCO2)Cc1nc(C(=O)NCc2cccnc2)co1. The van der Waals surface area contributed by atoms with Gasteiger partial charge in [0.1, 0.15) is 6.26 Å². The molecule has 0 radical (unpaired) electrons. The first-order chi connectivity index (χ1) is 17.1. The highest BCUT2D eigenvalue weighted by Crippen LogP contribution is 2.33. The van der Waals surface area contributed by atoms with Gasteiger partial charge < -0.3 is 19.2 Å². The molecule has 4 aromatic rings. The van der Waals surface area contributed by atoms with Crippen LogP contribution in [0.1, 0.15) is 38.6 Å². The summed E-state index contributed by atoms with van der Waals surface area (Å²) in [6.07, 6.45) is 4.82. The van der Waals surface area contributed by atoms with E-state index >= 15 is 0 Å². The summed E-state index contributed by atoms with van der Waals surface area (Å²) < 4.78 is 16.7. The number of nitrogens with zero attached hydrogens (tertiary/aromatic N) is 3. The lowest BCUT2D eigenvalue weighted by Crippen LogP contribution is -2.24. The smallest absolute Gasteiger partial charge is 0.273 e. The predicted molar refractivity (Wildman–Crippen MR) is 129 cm³/mol. The standard InChI is InChI=1S/C27H26N4O4/c1-19-5-2-3-7-22(19)15-31(14-20-8-9-24-25(11-20)35-18-34-24)16-26-30-23(17-33-26)27(32)29-13-21-6-4-10-28-12-21/h2-12,17H,13-16,18H2,1H3,(H,29,32). The Morgan fingerprint density at radius 3 is 2.74 bits per heavy atom. The van der Waals surface area contributed by atoms with E-state index in [0.29, 0.717) is 32.1 Å². The number of pyridine rings is 1. The molecule has 0 unspecified atom stereocenters. The number of aryl methyl sites for hydroxylation is 1. The Balaban J connectivity index is 1.29. The normalized spacial score (nSPS) is 12.2. The topological polar surface area (TPSA) is 89.7 Å². The van der Waals surface area contributed by atoms with Crippen LogP contribution in [0, 0.1) is 6.92 Å². The molecule has 0 aliphatic carbocycles. The third kappa shape index (κ3) is 5.67. The minimum atomic E-state index is -0.287. The van der Waals surface area contributed by atoms with E-state index in [9.17, 15) is 4.79 Å². The number of hydrogen-bond donors (Lipinski definition) is 1. The van der Waals surface area contributed by atoms with Gasteiger partial charge in [-0.1, -0.05) is 36.4 Å². The average molecular weight is 471 g/mol. The molecule has 2 aromatic heterocycles. The number of amides is 1. The minimum absolute atomic E-state index is 0.244. The number of oxazole rings is 1. The van der Waals surface area contributed by atoms with Crippen LogP contribution < -0.4 is 14.8 Å². The van der Waals surface area contributed by atoms with Gasteiger partial charge in [0.15, 0.2) is 17.2 Å². The summed E-state index contributed by atoms with van der Waals surface area (Å²) in [4.78, 5) is 23.3. The molecule has 1 aliphatic rings. The molecule has 1 aliphatic heterocycles. The number of carbonyl (C=O) groups is 1. The van der Waals surface area contributed by atoms with Crippen LogP contribution in [0.5, 0.6) is 11.5 Å². The largest absolute Gasteiger partial charge is 0.454 e. The molecule has 8 nitrogen and oxygen atoms in total. The van der Waals surface area contributed by atoms with Crippen LogP contribution in [0.15, 0.2) is 77.7 Å². The van der Waals surface area contributed by atoms with Crippen molar-refractivity contribution in [2.24, 2.45) is 0 Å². The Bertz CT molecular complexity index is 1310. The summed E-state index contributed by atoms with van der Waals surface area (Å²) >= 11 is 0. The van der Waals surface area contributed by atoms with Gasteiger partial charge in [0, 0.05) is 32.0 Å². The van der Waals surface area contributed by atoms with Crippen LogP contribution in [0.3, 0.4) is 0 Å².